The minimum Gasteiger partial charge on any atom is -0.491 e. The monoisotopic (exact) mass is 432 g/mol. The Morgan fingerprint density at radius 2 is 2.24 bits per heavy atom. The molecule has 8 nitrogen and oxygen atoms in total. The molecule has 0 saturated carbocycles. The lowest BCUT2D eigenvalue weighted by molar-refractivity contribution is 0.0949. The highest BCUT2D eigenvalue weighted by atomic mass is 35.5. The minimum atomic E-state index is -0.617. The molecule has 0 radical (unpaired) electrons. The van der Waals surface area contributed by atoms with Crippen molar-refractivity contribution in [3.8, 4) is 22.1 Å². The van der Waals surface area contributed by atoms with Gasteiger partial charge in [-0.3, -0.25) is 4.79 Å². The van der Waals surface area contributed by atoms with Gasteiger partial charge in [-0.15, -0.1) is 11.3 Å². The van der Waals surface area contributed by atoms with Crippen molar-refractivity contribution >= 4 is 35.1 Å². The predicted octanol–water partition coefficient (Wildman–Crippen LogP) is 3.32. The second-order valence-electron chi connectivity index (χ2n) is 5.63. The van der Waals surface area contributed by atoms with E-state index in [2.05, 4.69) is 20.5 Å². The zero-order valence-corrected chi connectivity index (χ0v) is 17.1. The SMILES string of the molecule is CCOc1cc(/C=N/NC(=O)c2cc(-c3cccs3)[nH]c(=O)n2)cc(Cl)c1OC. The lowest BCUT2D eigenvalue weighted by Crippen LogP contribution is -2.24. The number of amides is 1. The maximum Gasteiger partial charge on any atom is 0.346 e. The average molecular weight is 433 g/mol. The van der Waals surface area contributed by atoms with Gasteiger partial charge in [0.15, 0.2) is 11.5 Å². The summed E-state index contributed by atoms with van der Waals surface area (Å²) in [6.07, 6.45) is 1.40. The number of hydrogen-bond acceptors (Lipinski definition) is 7. The number of nitrogens with zero attached hydrogens (tertiary/aromatic N) is 2. The molecule has 0 aliphatic carbocycles. The van der Waals surface area contributed by atoms with Gasteiger partial charge in [0.25, 0.3) is 5.91 Å². The van der Waals surface area contributed by atoms with Crippen LogP contribution in [0.1, 0.15) is 23.0 Å². The Balaban J connectivity index is 1.77. The Labute approximate surface area is 175 Å². The third kappa shape index (κ3) is 5.01. The Kier molecular flexibility index (Phi) is 6.63. The third-order valence-electron chi connectivity index (χ3n) is 3.68. The van der Waals surface area contributed by atoms with Crippen molar-refractivity contribution < 1.29 is 14.3 Å². The van der Waals surface area contributed by atoms with Crippen LogP contribution < -0.4 is 20.6 Å². The van der Waals surface area contributed by atoms with Gasteiger partial charge in [0.2, 0.25) is 0 Å². The van der Waals surface area contributed by atoms with Gasteiger partial charge in [-0.05, 0) is 42.1 Å². The lowest BCUT2D eigenvalue weighted by atomic mass is 10.2. The van der Waals surface area contributed by atoms with E-state index in [9.17, 15) is 9.59 Å². The fourth-order valence-corrected chi connectivity index (χ4v) is 3.48. The number of ether oxygens (including phenoxy) is 2. The van der Waals surface area contributed by atoms with Crippen LogP contribution >= 0.6 is 22.9 Å². The molecule has 1 amide bonds. The molecule has 0 aliphatic rings. The highest BCUT2D eigenvalue weighted by Crippen LogP contribution is 2.35. The summed E-state index contributed by atoms with van der Waals surface area (Å²) in [4.78, 5) is 31.2. The first kappa shape index (κ1) is 20.6. The molecule has 10 heteroatoms. The summed E-state index contributed by atoms with van der Waals surface area (Å²) in [6.45, 7) is 2.28. The maximum absolute atomic E-state index is 12.3. The molecule has 0 aliphatic heterocycles. The number of nitrogens with one attached hydrogen (secondary N) is 2. The predicted molar refractivity (Wildman–Crippen MR) is 112 cm³/mol. The van der Waals surface area contributed by atoms with E-state index in [4.69, 9.17) is 21.1 Å². The van der Waals surface area contributed by atoms with E-state index in [1.807, 2.05) is 24.4 Å². The first-order valence-corrected chi connectivity index (χ1v) is 9.76. The Morgan fingerprint density at radius 1 is 1.41 bits per heavy atom. The molecule has 3 aromatic rings. The van der Waals surface area contributed by atoms with E-state index in [0.717, 1.165) is 4.88 Å². The number of carbonyl (C=O) groups excluding carboxylic acids is 1. The van der Waals surface area contributed by atoms with Gasteiger partial charge >= 0.3 is 5.69 Å². The smallest absolute Gasteiger partial charge is 0.346 e. The fraction of sp³-hybridized carbons (Fsp3) is 0.158. The van der Waals surface area contributed by atoms with E-state index < -0.39 is 11.6 Å². The number of halogens is 1. The molecule has 0 unspecified atom stereocenters. The summed E-state index contributed by atoms with van der Waals surface area (Å²) in [6, 6.07) is 8.48. The second kappa shape index (κ2) is 9.35. The zero-order chi connectivity index (χ0) is 20.8. The van der Waals surface area contributed by atoms with Gasteiger partial charge in [0, 0.05) is 0 Å². The molecular weight excluding hydrogens is 416 g/mol. The van der Waals surface area contributed by atoms with Crippen LogP contribution in [0.15, 0.2) is 45.6 Å². The molecule has 2 heterocycles. The summed E-state index contributed by atoms with van der Waals surface area (Å²) in [5, 5.41) is 6.13. The van der Waals surface area contributed by atoms with Crippen LogP contribution in [0, 0.1) is 0 Å². The van der Waals surface area contributed by atoms with Crippen LogP contribution in [0.2, 0.25) is 5.02 Å². The number of thiophene rings is 1. The largest absolute Gasteiger partial charge is 0.491 e. The second-order valence-corrected chi connectivity index (χ2v) is 6.98. The summed E-state index contributed by atoms with van der Waals surface area (Å²) >= 11 is 7.63. The van der Waals surface area contributed by atoms with Gasteiger partial charge in [-0.2, -0.15) is 10.1 Å². The summed E-state index contributed by atoms with van der Waals surface area (Å²) in [5.41, 5.74) is 2.80. The number of H-pyrrole nitrogens is 1. The van der Waals surface area contributed by atoms with Crippen LogP contribution in [-0.2, 0) is 0 Å². The minimum absolute atomic E-state index is 0.0444. The Hall–Kier alpha value is -3.17. The normalized spacial score (nSPS) is 10.9. The highest BCUT2D eigenvalue weighted by Gasteiger charge is 2.12. The van der Waals surface area contributed by atoms with E-state index in [1.54, 1.807) is 12.1 Å². The van der Waals surface area contributed by atoms with Crippen LogP contribution in [0.25, 0.3) is 10.6 Å². The molecule has 0 atom stereocenters. The van der Waals surface area contributed by atoms with Crippen molar-refractivity contribution in [3.63, 3.8) is 0 Å². The maximum atomic E-state index is 12.3. The number of carbonyl (C=O) groups is 1. The number of hydrogen-bond donors (Lipinski definition) is 2. The molecule has 1 aromatic carbocycles. The van der Waals surface area contributed by atoms with Gasteiger partial charge < -0.3 is 14.5 Å². The van der Waals surface area contributed by atoms with E-state index in [0.29, 0.717) is 34.4 Å². The molecular formula is C19H17ClN4O4S. The first-order valence-electron chi connectivity index (χ1n) is 8.50. The van der Waals surface area contributed by atoms with Gasteiger partial charge in [-0.1, -0.05) is 17.7 Å². The zero-order valence-electron chi connectivity index (χ0n) is 15.6. The number of benzene rings is 1. The molecule has 29 heavy (non-hydrogen) atoms. The van der Waals surface area contributed by atoms with Crippen molar-refractivity contribution in [2.45, 2.75) is 6.92 Å². The molecule has 0 saturated heterocycles. The van der Waals surface area contributed by atoms with Crippen molar-refractivity contribution in [2.75, 3.05) is 13.7 Å². The molecule has 0 bridgehead atoms. The molecule has 3 rings (SSSR count). The summed E-state index contributed by atoms with van der Waals surface area (Å²) in [7, 11) is 1.50. The molecule has 2 N–H and O–H groups in total. The van der Waals surface area contributed by atoms with Crippen LogP contribution in [0.3, 0.4) is 0 Å². The molecule has 0 fully saturated rings. The number of hydrazone groups is 1. The number of aromatic amines is 1. The van der Waals surface area contributed by atoms with Crippen molar-refractivity contribution in [1.82, 2.24) is 15.4 Å². The quantitative estimate of drug-likeness (QED) is 0.440. The van der Waals surface area contributed by atoms with Gasteiger partial charge in [-0.25, -0.2) is 10.2 Å². The number of rotatable bonds is 7. The molecule has 2 aromatic heterocycles. The Morgan fingerprint density at radius 3 is 2.93 bits per heavy atom. The first-order chi connectivity index (χ1) is 14.0. The highest BCUT2D eigenvalue weighted by molar-refractivity contribution is 7.13. The topological polar surface area (TPSA) is 106 Å². The van der Waals surface area contributed by atoms with Crippen LogP contribution in [0.4, 0.5) is 0 Å². The lowest BCUT2D eigenvalue weighted by Gasteiger charge is -2.11. The number of aromatic nitrogens is 2. The summed E-state index contributed by atoms with van der Waals surface area (Å²) in [5.74, 6) is 0.269. The van der Waals surface area contributed by atoms with Crippen molar-refractivity contribution in [2.24, 2.45) is 5.10 Å². The van der Waals surface area contributed by atoms with Crippen LogP contribution in [0.5, 0.6) is 11.5 Å². The van der Waals surface area contributed by atoms with E-state index in [-0.39, 0.29) is 5.69 Å². The van der Waals surface area contributed by atoms with Gasteiger partial charge in [0.1, 0.15) is 5.69 Å². The van der Waals surface area contributed by atoms with E-state index in [1.165, 1.54) is 30.7 Å². The van der Waals surface area contributed by atoms with Crippen molar-refractivity contribution in [1.29, 1.82) is 0 Å². The Bertz CT molecular complexity index is 1100. The van der Waals surface area contributed by atoms with Crippen LogP contribution in [-0.4, -0.2) is 35.8 Å². The number of methoxy groups -OCH3 is 1. The fourth-order valence-electron chi connectivity index (χ4n) is 2.48. The summed E-state index contributed by atoms with van der Waals surface area (Å²) < 4.78 is 10.7. The standard InChI is InChI=1S/C19H17ClN4O4S/c1-3-28-15-8-11(7-12(20)17(15)27-2)10-21-24-18(25)14-9-13(22-19(26)23-14)16-5-4-6-29-16/h4-10H,3H2,1-2H3,(H,24,25)(H,22,23,26)/b21-10+. The average Bonchev–Trinajstić information content (AvgIpc) is 3.22. The molecule has 150 valence electrons. The van der Waals surface area contributed by atoms with E-state index >= 15 is 0 Å². The third-order valence-corrected chi connectivity index (χ3v) is 4.86. The van der Waals surface area contributed by atoms with Crippen molar-refractivity contribution in [3.05, 3.63) is 62.5 Å². The molecule has 0 spiro atoms. The van der Waals surface area contributed by atoms with Gasteiger partial charge in [0.05, 0.1) is 35.5 Å².